The molecule has 4 heteroatoms. The van der Waals surface area contributed by atoms with Gasteiger partial charge in [0.15, 0.2) is 5.78 Å². The molecule has 0 aromatic carbocycles. The summed E-state index contributed by atoms with van der Waals surface area (Å²) < 4.78 is 5.02. The Hall–Kier alpha value is -0.450. The molecule has 0 saturated carbocycles. The van der Waals surface area contributed by atoms with Gasteiger partial charge in [0.25, 0.3) is 0 Å². The summed E-state index contributed by atoms with van der Waals surface area (Å²) in [6, 6.07) is 0. The molecular formula is C9H15NO3. The van der Waals surface area contributed by atoms with E-state index in [0.717, 1.165) is 19.5 Å². The molecule has 0 aromatic heterocycles. The molecule has 2 rings (SSSR count). The highest BCUT2D eigenvalue weighted by Gasteiger charge is 2.56. The second-order valence-corrected chi connectivity index (χ2v) is 3.92. The van der Waals surface area contributed by atoms with Gasteiger partial charge >= 0.3 is 0 Å². The van der Waals surface area contributed by atoms with Crippen molar-refractivity contribution < 1.29 is 14.6 Å². The predicted molar refractivity (Wildman–Crippen MR) is 46.4 cm³/mol. The van der Waals surface area contributed by atoms with Crippen molar-refractivity contribution in [1.29, 1.82) is 0 Å². The summed E-state index contributed by atoms with van der Waals surface area (Å²) >= 11 is 0. The number of hydrogen-bond donors (Lipinski definition) is 1. The Morgan fingerprint density at radius 1 is 1.77 bits per heavy atom. The van der Waals surface area contributed by atoms with Gasteiger partial charge < -0.3 is 9.84 Å². The van der Waals surface area contributed by atoms with Crippen molar-refractivity contribution in [2.75, 3.05) is 33.4 Å². The molecule has 1 N–H and O–H groups in total. The molecule has 0 aliphatic carbocycles. The highest BCUT2D eigenvalue weighted by molar-refractivity contribution is 5.94. The Morgan fingerprint density at radius 2 is 2.54 bits per heavy atom. The average molecular weight is 185 g/mol. The Kier molecular flexibility index (Phi) is 2.14. The molecule has 2 saturated heterocycles. The predicted octanol–water partition coefficient (Wildman–Crippen LogP) is -0.731. The van der Waals surface area contributed by atoms with Crippen LogP contribution in [0.15, 0.2) is 0 Å². The third-order valence-corrected chi connectivity index (χ3v) is 3.27. The summed E-state index contributed by atoms with van der Waals surface area (Å²) in [4.78, 5) is 13.9. The molecule has 4 nitrogen and oxygen atoms in total. The first-order chi connectivity index (χ1) is 6.24. The largest absolute Gasteiger partial charge is 0.394 e. The van der Waals surface area contributed by atoms with E-state index in [-0.39, 0.29) is 18.3 Å². The zero-order chi connectivity index (χ0) is 9.47. The highest BCUT2D eigenvalue weighted by atomic mass is 16.5. The summed E-state index contributed by atoms with van der Waals surface area (Å²) in [6.45, 7) is 1.93. The van der Waals surface area contributed by atoms with Crippen molar-refractivity contribution in [2.45, 2.75) is 12.0 Å². The average Bonchev–Trinajstić information content (AvgIpc) is 2.69. The van der Waals surface area contributed by atoms with E-state index in [9.17, 15) is 9.90 Å². The van der Waals surface area contributed by atoms with Crippen LogP contribution in [0.3, 0.4) is 0 Å². The summed E-state index contributed by atoms with van der Waals surface area (Å²) in [6.07, 6.45) is 0.949. The number of carbonyl (C=O) groups excluding carboxylic acids is 1. The molecule has 2 aliphatic heterocycles. The fourth-order valence-corrected chi connectivity index (χ4v) is 2.52. The van der Waals surface area contributed by atoms with E-state index in [1.54, 1.807) is 7.11 Å². The lowest BCUT2D eigenvalue weighted by molar-refractivity contribution is -0.135. The molecule has 2 fully saturated rings. The molecule has 2 heterocycles. The smallest absolute Gasteiger partial charge is 0.162 e. The van der Waals surface area contributed by atoms with Crippen LogP contribution in [0.1, 0.15) is 6.42 Å². The molecule has 3 atom stereocenters. The number of methoxy groups -OCH3 is 1. The Labute approximate surface area is 77.5 Å². The van der Waals surface area contributed by atoms with E-state index >= 15 is 0 Å². The summed E-state index contributed by atoms with van der Waals surface area (Å²) in [5.41, 5.74) is -0.711. The van der Waals surface area contributed by atoms with Crippen LogP contribution in [-0.4, -0.2) is 54.7 Å². The number of ether oxygens (including phenoxy) is 1. The number of ketones is 1. The van der Waals surface area contributed by atoms with E-state index in [0.29, 0.717) is 6.61 Å². The number of fused-ring (bicyclic) bond motifs is 2. The first-order valence-electron chi connectivity index (χ1n) is 4.64. The van der Waals surface area contributed by atoms with Gasteiger partial charge in [0.1, 0.15) is 5.54 Å². The fourth-order valence-electron chi connectivity index (χ4n) is 2.52. The standard InChI is InChI=1S/C9H15NO3/c1-13-6-9(5-11)8(12)7-2-3-10(9)4-7/h7,11H,2-6H2,1H3/t7-,9-/m0/s1. The number of nitrogens with zero attached hydrogens (tertiary/aromatic N) is 1. The number of aliphatic hydroxyl groups is 1. The molecule has 0 radical (unpaired) electrons. The number of hydrogen-bond acceptors (Lipinski definition) is 4. The molecule has 2 aliphatic rings. The zero-order valence-corrected chi connectivity index (χ0v) is 7.82. The SMILES string of the molecule is COC[C@@]1(CO)C(=O)[C@H]2CCN1C2. The van der Waals surface area contributed by atoms with E-state index in [4.69, 9.17) is 4.74 Å². The van der Waals surface area contributed by atoms with Gasteiger partial charge in [-0.25, -0.2) is 0 Å². The molecule has 0 spiro atoms. The molecule has 13 heavy (non-hydrogen) atoms. The number of aliphatic hydroxyl groups excluding tert-OH is 1. The fraction of sp³-hybridized carbons (Fsp3) is 0.889. The van der Waals surface area contributed by atoms with Crippen LogP contribution < -0.4 is 0 Å². The van der Waals surface area contributed by atoms with Crippen LogP contribution in [0.2, 0.25) is 0 Å². The third-order valence-electron chi connectivity index (χ3n) is 3.27. The van der Waals surface area contributed by atoms with Gasteiger partial charge in [-0.05, 0) is 6.42 Å². The van der Waals surface area contributed by atoms with Gasteiger partial charge in [-0.1, -0.05) is 0 Å². The highest BCUT2D eigenvalue weighted by Crippen LogP contribution is 2.37. The van der Waals surface area contributed by atoms with E-state index in [2.05, 4.69) is 4.90 Å². The van der Waals surface area contributed by atoms with Crippen LogP contribution >= 0.6 is 0 Å². The molecular weight excluding hydrogens is 170 g/mol. The quantitative estimate of drug-likeness (QED) is 0.629. The molecule has 1 unspecified atom stereocenters. The minimum Gasteiger partial charge on any atom is -0.394 e. The summed E-state index contributed by atoms with van der Waals surface area (Å²) in [5, 5.41) is 9.30. The minimum absolute atomic E-state index is 0.115. The van der Waals surface area contributed by atoms with E-state index in [1.165, 1.54) is 0 Å². The van der Waals surface area contributed by atoms with Crippen LogP contribution in [0, 0.1) is 5.92 Å². The van der Waals surface area contributed by atoms with Crippen molar-refractivity contribution in [3.8, 4) is 0 Å². The zero-order valence-electron chi connectivity index (χ0n) is 7.82. The van der Waals surface area contributed by atoms with Crippen LogP contribution in [-0.2, 0) is 9.53 Å². The minimum atomic E-state index is -0.711. The Bertz CT molecular complexity index is 231. The van der Waals surface area contributed by atoms with Gasteiger partial charge in [-0.3, -0.25) is 9.69 Å². The lowest BCUT2D eigenvalue weighted by atomic mass is 9.87. The van der Waals surface area contributed by atoms with Crippen molar-refractivity contribution in [3.63, 3.8) is 0 Å². The maximum absolute atomic E-state index is 11.8. The first kappa shape index (κ1) is 9.12. The second kappa shape index (κ2) is 3.04. The maximum Gasteiger partial charge on any atom is 0.162 e. The molecule has 0 amide bonds. The second-order valence-electron chi connectivity index (χ2n) is 3.92. The first-order valence-corrected chi connectivity index (χ1v) is 4.64. The van der Waals surface area contributed by atoms with Crippen LogP contribution in [0.4, 0.5) is 0 Å². The van der Waals surface area contributed by atoms with Gasteiger partial charge in [-0.15, -0.1) is 0 Å². The monoisotopic (exact) mass is 185 g/mol. The van der Waals surface area contributed by atoms with Gasteiger partial charge in [0.2, 0.25) is 0 Å². The number of carbonyl (C=O) groups is 1. The van der Waals surface area contributed by atoms with Crippen molar-refractivity contribution in [1.82, 2.24) is 4.90 Å². The van der Waals surface area contributed by atoms with Crippen molar-refractivity contribution in [2.24, 2.45) is 5.92 Å². The molecule has 0 aromatic rings. The summed E-state index contributed by atoms with van der Waals surface area (Å²) in [5.74, 6) is 0.311. The molecule has 2 bridgehead atoms. The Morgan fingerprint density at radius 3 is 3.00 bits per heavy atom. The lowest BCUT2D eigenvalue weighted by Gasteiger charge is -2.35. The topological polar surface area (TPSA) is 49.8 Å². The van der Waals surface area contributed by atoms with Crippen molar-refractivity contribution in [3.05, 3.63) is 0 Å². The molecule has 74 valence electrons. The maximum atomic E-state index is 11.8. The number of rotatable bonds is 3. The number of Topliss-reactive ketones (excluding diaryl/α,β-unsaturated/α-hetero) is 1. The van der Waals surface area contributed by atoms with Crippen LogP contribution in [0.25, 0.3) is 0 Å². The van der Waals surface area contributed by atoms with Crippen molar-refractivity contribution >= 4 is 5.78 Å². The van der Waals surface area contributed by atoms with Gasteiger partial charge in [0, 0.05) is 26.1 Å². The summed E-state index contributed by atoms with van der Waals surface area (Å²) in [7, 11) is 1.57. The van der Waals surface area contributed by atoms with Gasteiger partial charge in [0.05, 0.1) is 13.2 Å². The third kappa shape index (κ3) is 1.06. The van der Waals surface area contributed by atoms with E-state index in [1.807, 2.05) is 0 Å². The van der Waals surface area contributed by atoms with Gasteiger partial charge in [-0.2, -0.15) is 0 Å². The Balaban J connectivity index is 2.24. The number of piperidine rings is 1. The lowest BCUT2D eigenvalue weighted by Crippen LogP contribution is -2.57. The van der Waals surface area contributed by atoms with Crippen LogP contribution in [0.5, 0.6) is 0 Å². The normalized spacial score (nSPS) is 43.1. The van der Waals surface area contributed by atoms with E-state index < -0.39 is 5.54 Å².